The van der Waals surface area contributed by atoms with Crippen molar-refractivity contribution in [2.45, 2.75) is 37.0 Å². The number of hydrogen-bond acceptors (Lipinski definition) is 4. The molecule has 0 bridgehead atoms. The Morgan fingerprint density at radius 3 is 2.42 bits per heavy atom. The second kappa shape index (κ2) is 10.7. The maximum atomic E-state index is 13.5. The zero-order chi connectivity index (χ0) is 22.3. The Morgan fingerprint density at radius 1 is 1.06 bits per heavy atom. The van der Waals surface area contributed by atoms with Crippen molar-refractivity contribution in [3.8, 4) is 5.75 Å². The summed E-state index contributed by atoms with van der Waals surface area (Å²) in [6, 6.07) is 12.9. The number of nitrogens with zero attached hydrogens (tertiary/aromatic N) is 2. The first-order chi connectivity index (χ1) is 14.9. The van der Waals surface area contributed by atoms with Crippen LogP contribution in [0, 0.1) is 5.82 Å². The van der Waals surface area contributed by atoms with Gasteiger partial charge in [0.2, 0.25) is 15.9 Å². The van der Waals surface area contributed by atoms with Gasteiger partial charge in [0.25, 0.3) is 0 Å². The van der Waals surface area contributed by atoms with E-state index in [1.54, 1.807) is 58.7 Å². The monoisotopic (exact) mass is 448 g/mol. The zero-order valence-electron chi connectivity index (χ0n) is 17.8. The number of likely N-dealkylation sites (N-methyl/N-ethyl adjacent to an activating group) is 1. The molecule has 1 heterocycles. The van der Waals surface area contributed by atoms with Crippen LogP contribution >= 0.6 is 0 Å². The molecule has 168 valence electrons. The van der Waals surface area contributed by atoms with Gasteiger partial charge in [-0.15, -0.1) is 0 Å². The van der Waals surface area contributed by atoms with Crippen molar-refractivity contribution < 1.29 is 22.3 Å². The lowest BCUT2D eigenvalue weighted by Crippen LogP contribution is -2.35. The molecule has 0 N–H and O–H groups in total. The van der Waals surface area contributed by atoms with E-state index in [1.165, 1.54) is 6.07 Å². The number of aryl methyl sites for hydroxylation is 1. The highest BCUT2D eigenvalue weighted by Gasteiger charge is 2.25. The predicted octanol–water partition coefficient (Wildman–Crippen LogP) is 3.47. The van der Waals surface area contributed by atoms with Crippen LogP contribution in [0.1, 0.15) is 31.2 Å². The van der Waals surface area contributed by atoms with Crippen LogP contribution in [0.15, 0.2) is 53.4 Å². The molecule has 1 amide bonds. The molecular formula is C23H29FN2O4S. The van der Waals surface area contributed by atoms with E-state index in [9.17, 15) is 17.6 Å². The molecule has 2 aromatic rings. The molecule has 1 fully saturated rings. The van der Waals surface area contributed by atoms with Crippen LogP contribution in [0.3, 0.4) is 0 Å². The highest BCUT2D eigenvalue weighted by Crippen LogP contribution is 2.21. The number of carbonyl (C=O) groups is 1. The summed E-state index contributed by atoms with van der Waals surface area (Å²) in [7, 11) is -1.76. The molecule has 3 rings (SSSR count). The van der Waals surface area contributed by atoms with Gasteiger partial charge in [0.1, 0.15) is 6.61 Å². The van der Waals surface area contributed by atoms with E-state index in [4.69, 9.17) is 4.74 Å². The first kappa shape index (κ1) is 23.2. The van der Waals surface area contributed by atoms with Crippen molar-refractivity contribution >= 4 is 15.9 Å². The summed E-state index contributed by atoms with van der Waals surface area (Å²) in [5.74, 6) is -0.313. The summed E-state index contributed by atoms with van der Waals surface area (Å²) >= 11 is 0. The number of rotatable bonds is 9. The Morgan fingerprint density at radius 2 is 1.74 bits per heavy atom. The molecule has 8 heteroatoms. The minimum absolute atomic E-state index is 0.0536. The molecular weight excluding hydrogens is 419 g/mol. The average molecular weight is 449 g/mol. The zero-order valence-corrected chi connectivity index (χ0v) is 18.6. The number of ether oxygens (including phenoxy) is 1. The first-order valence-electron chi connectivity index (χ1n) is 10.6. The lowest BCUT2D eigenvalue weighted by atomic mass is 10.1. The minimum Gasteiger partial charge on any atom is -0.489 e. The van der Waals surface area contributed by atoms with Crippen LogP contribution in [0.5, 0.6) is 5.75 Å². The van der Waals surface area contributed by atoms with Gasteiger partial charge in [0.15, 0.2) is 11.6 Å². The molecule has 0 unspecified atom stereocenters. The van der Waals surface area contributed by atoms with Crippen LogP contribution in [0.4, 0.5) is 4.39 Å². The Kier molecular flexibility index (Phi) is 8.03. The molecule has 0 atom stereocenters. The second-order valence-corrected chi connectivity index (χ2v) is 9.64. The summed E-state index contributed by atoms with van der Waals surface area (Å²) in [5.41, 5.74) is 0.905. The summed E-state index contributed by atoms with van der Waals surface area (Å²) < 4.78 is 45.9. The van der Waals surface area contributed by atoms with Gasteiger partial charge in [-0.25, -0.2) is 12.8 Å². The maximum absolute atomic E-state index is 13.5. The van der Waals surface area contributed by atoms with Crippen molar-refractivity contribution in [3.05, 3.63) is 59.9 Å². The lowest BCUT2D eigenvalue weighted by molar-refractivity contribution is -0.130. The molecule has 0 spiro atoms. The first-order valence-corrected chi connectivity index (χ1v) is 12.0. The van der Waals surface area contributed by atoms with Crippen molar-refractivity contribution in [2.24, 2.45) is 0 Å². The third-order valence-electron chi connectivity index (χ3n) is 5.45. The van der Waals surface area contributed by atoms with Crippen LogP contribution in [0.25, 0.3) is 0 Å². The number of piperidine rings is 1. The average Bonchev–Trinajstić information content (AvgIpc) is 2.79. The van der Waals surface area contributed by atoms with Crippen molar-refractivity contribution in [1.82, 2.24) is 9.21 Å². The van der Waals surface area contributed by atoms with E-state index in [2.05, 4.69) is 0 Å². The number of sulfonamides is 1. The smallest absolute Gasteiger partial charge is 0.243 e. The van der Waals surface area contributed by atoms with Gasteiger partial charge in [0.05, 0.1) is 11.4 Å². The summed E-state index contributed by atoms with van der Waals surface area (Å²) in [5, 5.41) is 0. The standard InChI is InChI=1S/C23H29FN2O4S/c1-25(17-18-30-22-8-4-3-7-21(22)24)23(27)14-11-19-9-12-20(13-10-19)31(28,29)26-15-5-2-6-16-26/h3-4,7-10,12-13H,2,5-6,11,14-18H2,1H3. The topological polar surface area (TPSA) is 66.9 Å². The van der Waals surface area contributed by atoms with Crippen molar-refractivity contribution in [2.75, 3.05) is 33.3 Å². The highest BCUT2D eigenvalue weighted by molar-refractivity contribution is 7.89. The van der Waals surface area contributed by atoms with Crippen LogP contribution in [0.2, 0.25) is 0 Å². The largest absolute Gasteiger partial charge is 0.489 e. The van der Waals surface area contributed by atoms with Gasteiger partial charge in [-0.1, -0.05) is 30.7 Å². The maximum Gasteiger partial charge on any atom is 0.243 e. The Bertz CT molecular complexity index is 973. The lowest BCUT2D eigenvalue weighted by Gasteiger charge is -2.25. The number of halogens is 1. The minimum atomic E-state index is -3.44. The quantitative estimate of drug-likeness (QED) is 0.589. The molecule has 0 aliphatic carbocycles. The third-order valence-corrected chi connectivity index (χ3v) is 7.36. The normalized spacial score (nSPS) is 14.9. The molecule has 0 aromatic heterocycles. The third kappa shape index (κ3) is 6.27. The fourth-order valence-corrected chi connectivity index (χ4v) is 5.02. The number of carbonyl (C=O) groups excluding carboxylic acids is 1. The fraction of sp³-hybridized carbons (Fsp3) is 0.435. The summed E-state index contributed by atoms with van der Waals surface area (Å²) in [6.45, 7) is 1.70. The molecule has 1 aliphatic rings. The Hall–Kier alpha value is -2.45. The predicted molar refractivity (Wildman–Crippen MR) is 117 cm³/mol. The summed E-state index contributed by atoms with van der Waals surface area (Å²) in [6.07, 6.45) is 3.69. The van der Waals surface area contributed by atoms with Gasteiger partial charge in [0, 0.05) is 26.6 Å². The number of para-hydroxylation sites is 1. The fourth-order valence-electron chi connectivity index (χ4n) is 3.50. The SMILES string of the molecule is CN(CCOc1ccccc1F)C(=O)CCc1ccc(S(=O)(=O)N2CCCCC2)cc1. The molecule has 2 aromatic carbocycles. The molecule has 6 nitrogen and oxygen atoms in total. The molecule has 31 heavy (non-hydrogen) atoms. The van der Waals surface area contributed by atoms with E-state index in [0.717, 1.165) is 24.8 Å². The number of amides is 1. The number of hydrogen-bond donors (Lipinski definition) is 0. The Labute approximate surface area is 183 Å². The van der Waals surface area contributed by atoms with E-state index >= 15 is 0 Å². The van der Waals surface area contributed by atoms with Crippen LogP contribution in [-0.4, -0.2) is 56.8 Å². The van der Waals surface area contributed by atoms with E-state index < -0.39 is 15.8 Å². The van der Waals surface area contributed by atoms with Crippen LogP contribution < -0.4 is 4.74 Å². The van der Waals surface area contributed by atoms with Gasteiger partial charge in [-0.2, -0.15) is 4.31 Å². The Balaban J connectivity index is 1.45. The van der Waals surface area contributed by atoms with Gasteiger partial charge in [-0.05, 0) is 49.1 Å². The van der Waals surface area contributed by atoms with Gasteiger partial charge < -0.3 is 9.64 Å². The van der Waals surface area contributed by atoms with Crippen LogP contribution in [-0.2, 0) is 21.2 Å². The van der Waals surface area contributed by atoms with E-state index in [0.29, 0.717) is 37.4 Å². The highest BCUT2D eigenvalue weighted by atomic mass is 32.2. The van der Waals surface area contributed by atoms with Crippen molar-refractivity contribution in [1.29, 1.82) is 0 Å². The van der Waals surface area contributed by atoms with E-state index in [1.807, 2.05) is 0 Å². The van der Waals surface area contributed by atoms with E-state index in [-0.39, 0.29) is 18.3 Å². The number of benzene rings is 2. The molecule has 1 aliphatic heterocycles. The molecule has 0 radical (unpaired) electrons. The van der Waals surface area contributed by atoms with Gasteiger partial charge in [-0.3, -0.25) is 4.79 Å². The summed E-state index contributed by atoms with van der Waals surface area (Å²) in [4.78, 5) is 14.2. The van der Waals surface area contributed by atoms with Gasteiger partial charge >= 0.3 is 0 Å². The molecule has 1 saturated heterocycles. The molecule has 0 saturated carbocycles. The van der Waals surface area contributed by atoms with Crippen molar-refractivity contribution in [3.63, 3.8) is 0 Å². The second-order valence-electron chi connectivity index (χ2n) is 7.70.